The second-order valence-corrected chi connectivity index (χ2v) is 6.31. The number of fused-ring (bicyclic) bond motifs is 1. The largest absolute Gasteiger partial charge is 0.480 e. The molecule has 1 aliphatic carbocycles. The van der Waals surface area contributed by atoms with Gasteiger partial charge in [0.1, 0.15) is 29.0 Å². The third-order valence-electron chi connectivity index (χ3n) is 4.45. The van der Waals surface area contributed by atoms with Gasteiger partial charge in [0.2, 0.25) is 17.7 Å². The molecule has 1 amide bonds. The summed E-state index contributed by atoms with van der Waals surface area (Å²) >= 11 is 0. The standard InChI is InChI=1S/C18H18FN5O3/c1-8-21-17(26-2)14(18(22-8)27-3)11-7-20-15-9(11)4-5-13(23-15)24-16(25)10-6-12(10)19/h4-5,7,10,12H,6H2,1-3H3,(H2,20,23,24,25). The Hall–Kier alpha value is -3.23. The zero-order chi connectivity index (χ0) is 19.1. The minimum atomic E-state index is -1.05. The van der Waals surface area contributed by atoms with E-state index in [1.54, 1.807) is 19.2 Å². The molecule has 3 aromatic rings. The molecule has 0 radical (unpaired) electrons. The van der Waals surface area contributed by atoms with E-state index >= 15 is 0 Å². The number of H-pyrrole nitrogens is 1. The van der Waals surface area contributed by atoms with Crippen LogP contribution in [0.15, 0.2) is 18.3 Å². The van der Waals surface area contributed by atoms with Crippen molar-refractivity contribution < 1.29 is 18.7 Å². The third kappa shape index (κ3) is 3.05. The fourth-order valence-electron chi connectivity index (χ4n) is 2.98. The molecule has 2 unspecified atom stereocenters. The smallest absolute Gasteiger partial charge is 0.231 e. The molecule has 0 aromatic carbocycles. The van der Waals surface area contributed by atoms with Gasteiger partial charge in [-0.1, -0.05) is 0 Å². The van der Waals surface area contributed by atoms with Crippen LogP contribution in [0.3, 0.4) is 0 Å². The third-order valence-corrected chi connectivity index (χ3v) is 4.45. The molecule has 0 saturated heterocycles. The first-order chi connectivity index (χ1) is 13.0. The number of hydrogen-bond donors (Lipinski definition) is 2. The minimum Gasteiger partial charge on any atom is -0.480 e. The first kappa shape index (κ1) is 17.2. The van der Waals surface area contributed by atoms with Crippen LogP contribution in [0.1, 0.15) is 12.2 Å². The van der Waals surface area contributed by atoms with Crippen LogP contribution in [0, 0.1) is 12.8 Å². The number of nitrogens with zero attached hydrogens (tertiary/aromatic N) is 3. The van der Waals surface area contributed by atoms with Gasteiger partial charge in [-0.15, -0.1) is 0 Å². The van der Waals surface area contributed by atoms with Gasteiger partial charge in [-0.25, -0.2) is 9.37 Å². The molecule has 4 rings (SSSR count). The number of ether oxygens (including phenoxy) is 2. The number of alkyl halides is 1. The highest BCUT2D eigenvalue weighted by Gasteiger charge is 2.43. The van der Waals surface area contributed by atoms with E-state index in [0.717, 1.165) is 10.9 Å². The molecule has 9 heteroatoms. The summed E-state index contributed by atoms with van der Waals surface area (Å²) in [7, 11) is 3.06. The lowest BCUT2D eigenvalue weighted by Crippen LogP contribution is -2.15. The van der Waals surface area contributed by atoms with Gasteiger partial charge < -0.3 is 19.8 Å². The van der Waals surface area contributed by atoms with Crippen molar-refractivity contribution in [3.05, 3.63) is 24.2 Å². The predicted molar refractivity (Wildman–Crippen MR) is 96.6 cm³/mol. The van der Waals surface area contributed by atoms with Crippen LogP contribution in [0.2, 0.25) is 0 Å². The summed E-state index contributed by atoms with van der Waals surface area (Å²) < 4.78 is 23.8. The maximum absolute atomic E-state index is 13.0. The fraction of sp³-hybridized carbons (Fsp3) is 0.333. The molecule has 3 heterocycles. The second-order valence-electron chi connectivity index (χ2n) is 6.31. The van der Waals surface area contributed by atoms with Crippen LogP contribution in [-0.4, -0.2) is 46.2 Å². The Morgan fingerprint density at radius 2 is 1.89 bits per heavy atom. The highest BCUT2D eigenvalue weighted by atomic mass is 19.1. The van der Waals surface area contributed by atoms with Gasteiger partial charge in [0.05, 0.1) is 20.1 Å². The molecule has 0 aliphatic heterocycles. The zero-order valence-corrected chi connectivity index (χ0v) is 15.0. The van der Waals surface area contributed by atoms with Gasteiger partial charge in [0.15, 0.2) is 0 Å². The van der Waals surface area contributed by atoms with Crippen molar-refractivity contribution in [2.75, 3.05) is 19.5 Å². The number of methoxy groups -OCH3 is 2. The summed E-state index contributed by atoms with van der Waals surface area (Å²) in [6.45, 7) is 1.75. The van der Waals surface area contributed by atoms with E-state index in [2.05, 4.69) is 25.3 Å². The van der Waals surface area contributed by atoms with Crippen LogP contribution >= 0.6 is 0 Å². The Bertz CT molecular complexity index is 1010. The fourth-order valence-corrected chi connectivity index (χ4v) is 2.98. The summed E-state index contributed by atoms with van der Waals surface area (Å²) in [5.74, 6) is 0.748. The van der Waals surface area contributed by atoms with E-state index < -0.39 is 12.1 Å². The van der Waals surface area contributed by atoms with Gasteiger partial charge >= 0.3 is 0 Å². The molecule has 8 nitrogen and oxygen atoms in total. The average molecular weight is 371 g/mol. The lowest BCUT2D eigenvalue weighted by molar-refractivity contribution is -0.117. The predicted octanol–water partition coefficient (Wildman–Crippen LogP) is 2.64. The maximum atomic E-state index is 13.0. The Balaban J connectivity index is 1.73. The number of rotatable bonds is 5. The molecule has 2 N–H and O–H groups in total. The number of aromatic nitrogens is 4. The number of halogens is 1. The van der Waals surface area contributed by atoms with E-state index in [0.29, 0.717) is 34.6 Å². The van der Waals surface area contributed by atoms with Crippen molar-refractivity contribution in [2.45, 2.75) is 19.5 Å². The van der Waals surface area contributed by atoms with Gasteiger partial charge in [0.25, 0.3) is 0 Å². The highest BCUT2D eigenvalue weighted by molar-refractivity contribution is 5.99. The quantitative estimate of drug-likeness (QED) is 0.715. The SMILES string of the molecule is COc1nc(C)nc(OC)c1-c1c[nH]c2nc(NC(=O)C3CC3F)ccc12. The molecule has 0 spiro atoms. The molecular formula is C18H18FN5O3. The molecule has 0 bridgehead atoms. The molecule has 1 saturated carbocycles. The number of aromatic amines is 1. The number of amides is 1. The summed E-state index contributed by atoms with van der Waals surface area (Å²) in [4.78, 5) is 28.0. The van der Waals surface area contributed by atoms with Crippen LogP contribution in [0.25, 0.3) is 22.2 Å². The van der Waals surface area contributed by atoms with Gasteiger partial charge in [0, 0.05) is 17.1 Å². The van der Waals surface area contributed by atoms with E-state index in [4.69, 9.17) is 9.47 Å². The Morgan fingerprint density at radius 3 is 2.48 bits per heavy atom. The number of hydrogen-bond acceptors (Lipinski definition) is 6. The number of carbonyl (C=O) groups excluding carboxylic acids is 1. The molecule has 2 atom stereocenters. The van der Waals surface area contributed by atoms with Gasteiger partial charge in [-0.05, 0) is 25.5 Å². The van der Waals surface area contributed by atoms with Crippen molar-refractivity contribution in [1.29, 1.82) is 0 Å². The zero-order valence-electron chi connectivity index (χ0n) is 15.0. The second kappa shape index (κ2) is 6.49. The minimum absolute atomic E-state index is 0.272. The summed E-state index contributed by atoms with van der Waals surface area (Å²) in [6, 6.07) is 3.48. The topological polar surface area (TPSA) is 102 Å². The van der Waals surface area contributed by atoms with E-state index in [1.165, 1.54) is 14.2 Å². The Labute approximate surface area is 154 Å². The first-order valence-corrected chi connectivity index (χ1v) is 8.42. The van der Waals surface area contributed by atoms with Crippen LogP contribution in [0.5, 0.6) is 11.8 Å². The monoisotopic (exact) mass is 371 g/mol. The normalized spacial score (nSPS) is 18.4. The summed E-state index contributed by atoms with van der Waals surface area (Å²) in [6.07, 6.45) is 0.974. The Kier molecular flexibility index (Phi) is 4.14. The van der Waals surface area contributed by atoms with Crippen molar-refractivity contribution >= 4 is 22.8 Å². The number of aryl methyl sites for hydroxylation is 1. The number of pyridine rings is 1. The van der Waals surface area contributed by atoms with Crippen LogP contribution in [0.4, 0.5) is 10.2 Å². The molecule has 140 valence electrons. The number of carbonyl (C=O) groups is 1. The summed E-state index contributed by atoms with van der Waals surface area (Å²) in [5.41, 5.74) is 1.92. The number of nitrogens with one attached hydrogen (secondary N) is 2. The van der Waals surface area contributed by atoms with Crippen molar-refractivity contribution in [1.82, 2.24) is 19.9 Å². The molecular weight excluding hydrogens is 353 g/mol. The molecule has 1 aliphatic rings. The summed E-state index contributed by atoms with van der Waals surface area (Å²) in [5, 5.41) is 3.43. The first-order valence-electron chi connectivity index (χ1n) is 8.42. The average Bonchev–Trinajstić information content (AvgIpc) is 3.26. The maximum Gasteiger partial charge on any atom is 0.231 e. The number of anilines is 1. The highest BCUT2D eigenvalue weighted by Crippen LogP contribution is 2.40. The van der Waals surface area contributed by atoms with Crippen LogP contribution in [-0.2, 0) is 4.79 Å². The molecule has 1 fully saturated rings. The van der Waals surface area contributed by atoms with Crippen molar-refractivity contribution in [3.8, 4) is 22.9 Å². The van der Waals surface area contributed by atoms with Crippen molar-refractivity contribution in [3.63, 3.8) is 0 Å². The van der Waals surface area contributed by atoms with Gasteiger partial charge in [-0.3, -0.25) is 4.79 Å². The van der Waals surface area contributed by atoms with Crippen LogP contribution < -0.4 is 14.8 Å². The lowest BCUT2D eigenvalue weighted by atomic mass is 10.1. The molecule has 27 heavy (non-hydrogen) atoms. The molecule has 3 aromatic heterocycles. The van der Waals surface area contributed by atoms with E-state index in [1.807, 2.05) is 6.07 Å². The van der Waals surface area contributed by atoms with E-state index in [-0.39, 0.29) is 12.3 Å². The van der Waals surface area contributed by atoms with Gasteiger partial charge in [-0.2, -0.15) is 9.97 Å². The Morgan fingerprint density at radius 1 is 1.22 bits per heavy atom. The van der Waals surface area contributed by atoms with E-state index in [9.17, 15) is 9.18 Å². The lowest BCUT2D eigenvalue weighted by Gasteiger charge is -2.11. The van der Waals surface area contributed by atoms with Crippen molar-refractivity contribution in [2.24, 2.45) is 5.92 Å².